The van der Waals surface area contributed by atoms with Gasteiger partial charge < -0.3 is 10.1 Å². The lowest BCUT2D eigenvalue weighted by atomic mass is 10.2. The number of ether oxygens (including phenoxy) is 1. The monoisotopic (exact) mass is 292 g/mol. The van der Waals surface area contributed by atoms with Gasteiger partial charge in [0.2, 0.25) is 5.91 Å². The first kappa shape index (κ1) is 14.8. The molecule has 0 spiro atoms. The summed E-state index contributed by atoms with van der Waals surface area (Å²) in [6, 6.07) is 7.49. The molecule has 1 saturated heterocycles. The first-order valence-electron chi connectivity index (χ1n) is 6.99. The number of carbonyl (C=O) groups is 1. The molecule has 1 unspecified atom stereocenters. The maximum Gasteiger partial charge on any atom is 0.235 e. The molecule has 1 N–H and O–H groups in total. The molecule has 1 atom stereocenters. The topological polar surface area (TPSA) is 41.6 Å². The standard InChI is InChI=1S/C15H20N2O2S/c1-3-4-11(2)19-13-7-5-12(6-8-13)17-14(18)9-10-16-15(17)20/h5-8,11H,3-4,9-10H2,1-2H3,(H,16,20). The molecule has 1 aliphatic rings. The fourth-order valence-electron chi connectivity index (χ4n) is 2.21. The molecule has 4 nitrogen and oxygen atoms in total. The highest BCUT2D eigenvalue weighted by Gasteiger charge is 2.24. The van der Waals surface area contributed by atoms with Gasteiger partial charge in [0, 0.05) is 13.0 Å². The van der Waals surface area contributed by atoms with Crippen molar-refractivity contribution >= 4 is 28.9 Å². The number of thiocarbonyl (C=S) groups is 1. The van der Waals surface area contributed by atoms with Gasteiger partial charge in [0.05, 0.1) is 11.8 Å². The maximum atomic E-state index is 11.9. The minimum absolute atomic E-state index is 0.0294. The molecule has 1 fully saturated rings. The third kappa shape index (κ3) is 3.48. The molecule has 0 bridgehead atoms. The molecule has 20 heavy (non-hydrogen) atoms. The van der Waals surface area contributed by atoms with Crippen LogP contribution in [0.1, 0.15) is 33.1 Å². The number of carbonyl (C=O) groups excluding carboxylic acids is 1. The molecule has 0 aliphatic carbocycles. The summed E-state index contributed by atoms with van der Waals surface area (Å²) in [6.07, 6.45) is 2.79. The van der Waals surface area contributed by atoms with E-state index < -0.39 is 0 Å². The van der Waals surface area contributed by atoms with Gasteiger partial charge >= 0.3 is 0 Å². The van der Waals surface area contributed by atoms with E-state index in [-0.39, 0.29) is 12.0 Å². The van der Waals surface area contributed by atoms with E-state index in [0.717, 1.165) is 24.3 Å². The summed E-state index contributed by atoms with van der Waals surface area (Å²) in [7, 11) is 0. The van der Waals surface area contributed by atoms with Crippen LogP contribution in [0.3, 0.4) is 0 Å². The second-order valence-electron chi connectivity index (χ2n) is 4.92. The zero-order chi connectivity index (χ0) is 14.5. The van der Waals surface area contributed by atoms with E-state index in [1.165, 1.54) is 4.90 Å². The van der Waals surface area contributed by atoms with Crippen LogP contribution >= 0.6 is 12.2 Å². The lowest BCUT2D eigenvalue weighted by molar-refractivity contribution is -0.117. The third-order valence-electron chi connectivity index (χ3n) is 3.19. The highest BCUT2D eigenvalue weighted by Crippen LogP contribution is 2.22. The average Bonchev–Trinajstić information content (AvgIpc) is 2.40. The average molecular weight is 292 g/mol. The molecular formula is C15H20N2O2S. The quantitative estimate of drug-likeness (QED) is 0.847. The van der Waals surface area contributed by atoms with Crippen molar-refractivity contribution in [3.63, 3.8) is 0 Å². The molecule has 0 radical (unpaired) electrons. The van der Waals surface area contributed by atoms with E-state index in [1.54, 1.807) is 0 Å². The van der Waals surface area contributed by atoms with Gasteiger partial charge in [-0.05, 0) is 49.8 Å². The number of amides is 1. The van der Waals surface area contributed by atoms with Gasteiger partial charge in [-0.15, -0.1) is 0 Å². The molecule has 108 valence electrons. The number of hydrogen-bond donors (Lipinski definition) is 1. The van der Waals surface area contributed by atoms with Crippen LogP contribution in [0.25, 0.3) is 0 Å². The van der Waals surface area contributed by atoms with E-state index in [9.17, 15) is 4.79 Å². The predicted octanol–water partition coefficient (Wildman–Crippen LogP) is 2.87. The summed E-state index contributed by atoms with van der Waals surface area (Å²) < 4.78 is 5.80. The Morgan fingerprint density at radius 1 is 1.40 bits per heavy atom. The zero-order valence-electron chi connectivity index (χ0n) is 11.9. The van der Waals surface area contributed by atoms with Crippen molar-refractivity contribution in [2.45, 2.75) is 39.2 Å². The van der Waals surface area contributed by atoms with E-state index in [4.69, 9.17) is 17.0 Å². The minimum Gasteiger partial charge on any atom is -0.491 e. The van der Waals surface area contributed by atoms with Crippen LogP contribution < -0.4 is 15.0 Å². The highest BCUT2D eigenvalue weighted by molar-refractivity contribution is 7.80. The molecule has 0 saturated carbocycles. The van der Waals surface area contributed by atoms with Crippen molar-refractivity contribution in [2.24, 2.45) is 0 Å². The smallest absolute Gasteiger partial charge is 0.235 e. The minimum atomic E-state index is 0.0294. The van der Waals surface area contributed by atoms with Gasteiger partial charge in [-0.1, -0.05) is 13.3 Å². The van der Waals surface area contributed by atoms with Crippen molar-refractivity contribution < 1.29 is 9.53 Å². The number of anilines is 1. The maximum absolute atomic E-state index is 11.9. The Labute approximate surface area is 125 Å². The number of nitrogens with zero attached hydrogens (tertiary/aromatic N) is 1. The SMILES string of the molecule is CCCC(C)Oc1ccc(N2C(=O)CCNC2=S)cc1. The van der Waals surface area contributed by atoms with Crippen molar-refractivity contribution in [1.82, 2.24) is 5.32 Å². The Balaban J connectivity index is 2.07. The fourth-order valence-corrected chi connectivity index (χ4v) is 2.52. The first-order valence-corrected chi connectivity index (χ1v) is 7.40. The van der Waals surface area contributed by atoms with Gasteiger partial charge in [0.15, 0.2) is 5.11 Å². The van der Waals surface area contributed by atoms with Crippen LogP contribution in [0.2, 0.25) is 0 Å². The van der Waals surface area contributed by atoms with Crippen molar-refractivity contribution in [2.75, 3.05) is 11.4 Å². The summed E-state index contributed by atoms with van der Waals surface area (Å²) in [4.78, 5) is 13.5. The second kappa shape index (κ2) is 6.70. The van der Waals surface area contributed by atoms with Crippen LogP contribution in [-0.4, -0.2) is 23.7 Å². The van der Waals surface area contributed by atoms with Crippen LogP contribution in [0.15, 0.2) is 24.3 Å². The lowest BCUT2D eigenvalue weighted by Crippen LogP contribution is -2.49. The summed E-state index contributed by atoms with van der Waals surface area (Å²) in [6.45, 7) is 4.81. The Morgan fingerprint density at radius 3 is 2.70 bits per heavy atom. The number of rotatable bonds is 5. The Hall–Kier alpha value is -1.62. The Bertz CT molecular complexity index is 471. The Kier molecular flexibility index (Phi) is 4.95. The molecule has 1 amide bonds. The Morgan fingerprint density at radius 2 is 2.10 bits per heavy atom. The zero-order valence-corrected chi connectivity index (χ0v) is 12.7. The molecule has 1 aliphatic heterocycles. The van der Waals surface area contributed by atoms with Crippen molar-refractivity contribution in [1.29, 1.82) is 0 Å². The summed E-state index contributed by atoms with van der Waals surface area (Å²) in [5.41, 5.74) is 0.780. The first-order chi connectivity index (χ1) is 9.61. The number of hydrogen-bond acceptors (Lipinski definition) is 3. The van der Waals surface area contributed by atoms with Crippen LogP contribution in [0.4, 0.5) is 5.69 Å². The normalized spacial score (nSPS) is 16.8. The van der Waals surface area contributed by atoms with Crippen LogP contribution in [0.5, 0.6) is 5.75 Å². The van der Waals surface area contributed by atoms with Crippen LogP contribution in [0, 0.1) is 0 Å². The summed E-state index contributed by atoms with van der Waals surface area (Å²) in [5, 5.41) is 3.50. The van der Waals surface area contributed by atoms with Gasteiger partial charge in [-0.2, -0.15) is 0 Å². The predicted molar refractivity (Wildman–Crippen MR) is 84.1 cm³/mol. The van der Waals surface area contributed by atoms with E-state index in [0.29, 0.717) is 18.1 Å². The van der Waals surface area contributed by atoms with Crippen molar-refractivity contribution in [3.8, 4) is 5.75 Å². The number of benzene rings is 1. The molecule has 5 heteroatoms. The largest absolute Gasteiger partial charge is 0.491 e. The molecule has 0 aromatic heterocycles. The molecular weight excluding hydrogens is 272 g/mol. The van der Waals surface area contributed by atoms with E-state index in [2.05, 4.69) is 19.2 Å². The summed E-state index contributed by atoms with van der Waals surface area (Å²) in [5.74, 6) is 0.847. The number of nitrogens with one attached hydrogen (secondary N) is 1. The van der Waals surface area contributed by atoms with Gasteiger partial charge in [0.25, 0.3) is 0 Å². The van der Waals surface area contributed by atoms with E-state index in [1.807, 2.05) is 24.3 Å². The molecule has 1 aromatic carbocycles. The van der Waals surface area contributed by atoms with Crippen molar-refractivity contribution in [3.05, 3.63) is 24.3 Å². The third-order valence-corrected chi connectivity index (χ3v) is 3.52. The fraction of sp³-hybridized carbons (Fsp3) is 0.467. The molecule has 1 heterocycles. The van der Waals surface area contributed by atoms with Crippen LogP contribution in [-0.2, 0) is 4.79 Å². The highest BCUT2D eigenvalue weighted by atomic mass is 32.1. The van der Waals surface area contributed by atoms with Gasteiger partial charge in [-0.3, -0.25) is 9.69 Å². The molecule has 2 rings (SSSR count). The van der Waals surface area contributed by atoms with Gasteiger partial charge in [-0.25, -0.2) is 0 Å². The second-order valence-corrected chi connectivity index (χ2v) is 5.31. The van der Waals surface area contributed by atoms with E-state index >= 15 is 0 Å². The lowest BCUT2D eigenvalue weighted by Gasteiger charge is -2.28. The summed E-state index contributed by atoms with van der Waals surface area (Å²) >= 11 is 5.19. The van der Waals surface area contributed by atoms with Gasteiger partial charge in [0.1, 0.15) is 5.75 Å². The molecule has 1 aromatic rings.